The van der Waals surface area contributed by atoms with Gasteiger partial charge in [-0.05, 0) is 26.7 Å². The molecule has 0 saturated heterocycles. The average Bonchev–Trinajstić information content (AvgIpc) is 2.87. The lowest BCUT2D eigenvalue weighted by atomic mass is 9.88. The first-order valence-electron chi connectivity index (χ1n) is 6.18. The van der Waals surface area contributed by atoms with E-state index in [1.54, 1.807) is 0 Å². The first kappa shape index (κ1) is 12.4. The van der Waals surface area contributed by atoms with E-state index in [-0.39, 0.29) is 18.5 Å². The zero-order chi connectivity index (χ0) is 12.3. The fourth-order valence-electron chi connectivity index (χ4n) is 2.59. The Morgan fingerprint density at radius 3 is 3.18 bits per heavy atom. The van der Waals surface area contributed by atoms with Gasteiger partial charge < -0.3 is 14.3 Å². The fraction of sp³-hybridized carbons (Fsp3) is 0.833. The van der Waals surface area contributed by atoms with Crippen molar-refractivity contribution in [1.29, 1.82) is 0 Å². The van der Waals surface area contributed by atoms with Gasteiger partial charge in [0, 0.05) is 13.0 Å². The maximum Gasteiger partial charge on any atom is 0.354 e. The molecule has 2 rings (SSSR count). The highest BCUT2D eigenvalue weighted by molar-refractivity contribution is 5.95. The zero-order valence-electron chi connectivity index (χ0n) is 10.4. The maximum absolute atomic E-state index is 12.1. The van der Waals surface area contributed by atoms with Gasteiger partial charge >= 0.3 is 5.97 Å². The minimum absolute atomic E-state index is 0.0992. The van der Waals surface area contributed by atoms with Crippen LogP contribution in [0, 0.1) is 5.92 Å². The summed E-state index contributed by atoms with van der Waals surface area (Å²) in [5.41, 5.74) is 0.0697. The van der Waals surface area contributed by atoms with E-state index >= 15 is 0 Å². The molecule has 17 heavy (non-hydrogen) atoms. The van der Waals surface area contributed by atoms with Gasteiger partial charge in [-0.15, -0.1) is 0 Å². The number of fused-ring (bicyclic) bond motifs is 1. The molecule has 1 aliphatic carbocycles. The summed E-state index contributed by atoms with van der Waals surface area (Å²) in [7, 11) is 0. The number of carbonyl (C=O) groups is 1. The van der Waals surface area contributed by atoms with Crippen molar-refractivity contribution in [3.63, 3.8) is 0 Å². The third kappa shape index (κ3) is 2.16. The van der Waals surface area contributed by atoms with E-state index in [1.165, 1.54) is 0 Å². The first-order valence-corrected chi connectivity index (χ1v) is 6.18. The molecule has 5 nitrogen and oxygen atoms in total. The van der Waals surface area contributed by atoms with Crippen LogP contribution in [0.25, 0.3) is 0 Å². The summed E-state index contributed by atoms with van der Waals surface area (Å²) in [5.74, 6) is -0.192. The monoisotopic (exact) mass is 241 g/mol. The van der Waals surface area contributed by atoms with Crippen molar-refractivity contribution in [3.05, 3.63) is 0 Å². The SMILES string of the molecule is CCOCCOC(=O)C12CCCC1C(C)=NO2. The second-order valence-electron chi connectivity index (χ2n) is 4.49. The first-order chi connectivity index (χ1) is 8.20. The van der Waals surface area contributed by atoms with Gasteiger partial charge in [-0.25, -0.2) is 4.79 Å². The molecular formula is C12H19NO4. The lowest BCUT2D eigenvalue weighted by Crippen LogP contribution is -2.44. The summed E-state index contributed by atoms with van der Waals surface area (Å²) in [4.78, 5) is 17.4. The number of rotatable bonds is 5. The Morgan fingerprint density at radius 2 is 2.41 bits per heavy atom. The van der Waals surface area contributed by atoms with Crippen LogP contribution >= 0.6 is 0 Å². The van der Waals surface area contributed by atoms with Crippen LogP contribution in [0.3, 0.4) is 0 Å². The van der Waals surface area contributed by atoms with Crippen molar-refractivity contribution in [2.24, 2.45) is 11.1 Å². The van der Waals surface area contributed by atoms with Crippen LogP contribution in [0.5, 0.6) is 0 Å². The van der Waals surface area contributed by atoms with Crippen LogP contribution in [0.4, 0.5) is 0 Å². The largest absolute Gasteiger partial charge is 0.460 e. The Hall–Kier alpha value is -1.10. The molecule has 5 heteroatoms. The number of carbonyl (C=O) groups excluding carboxylic acids is 1. The quantitative estimate of drug-likeness (QED) is 0.541. The Bertz CT molecular complexity index is 328. The topological polar surface area (TPSA) is 57.1 Å². The minimum Gasteiger partial charge on any atom is -0.460 e. The Kier molecular flexibility index (Phi) is 3.66. The third-order valence-corrected chi connectivity index (χ3v) is 3.47. The highest BCUT2D eigenvalue weighted by Crippen LogP contribution is 2.44. The third-order valence-electron chi connectivity index (χ3n) is 3.47. The molecule has 1 fully saturated rings. The number of oxime groups is 1. The molecule has 2 unspecified atom stereocenters. The van der Waals surface area contributed by atoms with Gasteiger partial charge in [0.15, 0.2) is 0 Å². The van der Waals surface area contributed by atoms with Crippen LogP contribution in [-0.2, 0) is 19.1 Å². The molecule has 1 saturated carbocycles. The van der Waals surface area contributed by atoms with Crippen molar-refractivity contribution in [2.75, 3.05) is 19.8 Å². The molecule has 1 aliphatic heterocycles. The molecule has 0 radical (unpaired) electrons. The van der Waals surface area contributed by atoms with E-state index in [4.69, 9.17) is 14.3 Å². The summed E-state index contributed by atoms with van der Waals surface area (Å²) in [6.07, 6.45) is 2.64. The summed E-state index contributed by atoms with van der Waals surface area (Å²) < 4.78 is 10.3. The van der Waals surface area contributed by atoms with Gasteiger partial charge in [-0.3, -0.25) is 0 Å². The summed E-state index contributed by atoms with van der Waals surface area (Å²) in [5, 5.41) is 3.94. The zero-order valence-corrected chi connectivity index (χ0v) is 10.4. The highest BCUT2D eigenvalue weighted by atomic mass is 16.7. The molecule has 2 atom stereocenters. The van der Waals surface area contributed by atoms with Gasteiger partial charge in [-0.1, -0.05) is 5.16 Å². The Balaban J connectivity index is 1.90. The molecule has 0 N–H and O–H groups in total. The van der Waals surface area contributed by atoms with Crippen molar-refractivity contribution in [2.45, 2.75) is 38.7 Å². The van der Waals surface area contributed by atoms with Gasteiger partial charge in [0.05, 0.1) is 18.2 Å². The number of ether oxygens (including phenoxy) is 2. The Labute approximate surface area is 101 Å². The summed E-state index contributed by atoms with van der Waals surface area (Å²) in [6, 6.07) is 0. The molecule has 0 aromatic rings. The van der Waals surface area contributed by atoms with Crippen molar-refractivity contribution in [1.82, 2.24) is 0 Å². The van der Waals surface area contributed by atoms with Crippen LogP contribution in [0.15, 0.2) is 5.16 Å². The maximum atomic E-state index is 12.1. The number of hydrogen-bond acceptors (Lipinski definition) is 5. The lowest BCUT2D eigenvalue weighted by molar-refractivity contribution is -0.173. The molecule has 0 bridgehead atoms. The highest BCUT2D eigenvalue weighted by Gasteiger charge is 2.57. The van der Waals surface area contributed by atoms with Gasteiger partial charge in [-0.2, -0.15) is 0 Å². The minimum atomic E-state index is -0.837. The van der Waals surface area contributed by atoms with Gasteiger partial charge in [0.25, 0.3) is 0 Å². The van der Waals surface area contributed by atoms with E-state index in [1.807, 2.05) is 13.8 Å². The van der Waals surface area contributed by atoms with Crippen LogP contribution in [0.1, 0.15) is 33.1 Å². The molecule has 0 aromatic carbocycles. The predicted molar refractivity (Wildman–Crippen MR) is 61.7 cm³/mol. The predicted octanol–water partition coefficient (Wildman–Crippen LogP) is 1.51. The molecule has 0 spiro atoms. The summed E-state index contributed by atoms with van der Waals surface area (Å²) in [6.45, 7) is 5.16. The smallest absolute Gasteiger partial charge is 0.354 e. The van der Waals surface area contributed by atoms with Crippen LogP contribution < -0.4 is 0 Å². The van der Waals surface area contributed by atoms with Crippen molar-refractivity contribution in [3.8, 4) is 0 Å². The van der Waals surface area contributed by atoms with Crippen LogP contribution in [-0.4, -0.2) is 37.1 Å². The normalized spacial score (nSPS) is 30.7. The van der Waals surface area contributed by atoms with E-state index in [2.05, 4.69) is 5.16 Å². The summed E-state index contributed by atoms with van der Waals surface area (Å²) >= 11 is 0. The molecule has 1 heterocycles. The van der Waals surface area contributed by atoms with Gasteiger partial charge in [0.2, 0.25) is 5.60 Å². The van der Waals surface area contributed by atoms with E-state index in [0.717, 1.165) is 18.6 Å². The van der Waals surface area contributed by atoms with E-state index in [9.17, 15) is 4.79 Å². The number of nitrogens with zero attached hydrogens (tertiary/aromatic N) is 1. The molecule has 96 valence electrons. The van der Waals surface area contributed by atoms with Crippen molar-refractivity contribution < 1.29 is 19.1 Å². The molecule has 2 aliphatic rings. The van der Waals surface area contributed by atoms with Crippen molar-refractivity contribution >= 4 is 11.7 Å². The number of esters is 1. The van der Waals surface area contributed by atoms with E-state index in [0.29, 0.717) is 19.6 Å². The van der Waals surface area contributed by atoms with Gasteiger partial charge in [0.1, 0.15) is 6.61 Å². The average molecular weight is 241 g/mol. The number of hydrogen-bond donors (Lipinski definition) is 0. The fourth-order valence-corrected chi connectivity index (χ4v) is 2.59. The second-order valence-corrected chi connectivity index (χ2v) is 4.49. The molecular weight excluding hydrogens is 222 g/mol. The molecule has 0 amide bonds. The lowest BCUT2D eigenvalue weighted by Gasteiger charge is -2.24. The standard InChI is InChI=1S/C12H19NO4/c1-3-15-7-8-16-11(14)12-6-4-5-10(12)9(2)13-17-12/h10H,3-8H2,1-2H3. The Morgan fingerprint density at radius 1 is 1.59 bits per heavy atom. The van der Waals surface area contributed by atoms with Crippen LogP contribution in [0.2, 0.25) is 0 Å². The molecule has 0 aromatic heterocycles. The second kappa shape index (κ2) is 5.04. The van der Waals surface area contributed by atoms with E-state index < -0.39 is 5.60 Å².